The first kappa shape index (κ1) is 116. The van der Waals surface area contributed by atoms with Crippen LogP contribution in [0.4, 0.5) is 0 Å². The van der Waals surface area contributed by atoms with Crippen molar-refractivity contribution < 1.29 is 126 Å². The van der Waals surface area contributed by atoms with E-state index in [0.29, 0.717) is 16.5 Å². The van der Waals surface area contributed by atoms with Crippen molar-refractivity contribution in [3.8, 4) is 0 Å². The number of guanidine groups is 2. The number of carboxylic acid groups (broad SMARTS) is 3. The zero-order chi connectivity index (χ0) is 100. The number of carboxylic acids is 3. The number of hydrogen-bond acceptors (Lipinski definition) is 30. The summed E-state index contributed by atoms with van der Waals surface area (Å²) in [7, 11) is 0. The number of unbranched alkanes of at least 4 members (excludes halogenated alkanes) is 2. The highest BCUT2D eigenvalue weighted by Crippen LogP contribution is 2.21. The van der Waals surface area contributed by atoms with Gasteiger partial charge in [0.05, 0.1) is 31.1 Å². The van der Waals surface area contributed by atoms with Gasteiger partial charge in [-0.2, -0.15) is 25.3 Å². The molecule has 742 valence electrons. The van der Waals surface area contributed by atoms with Gasteiger partial charge in [0.2, 0.25) is 106 Å². The number of para-hydroxylation sites is 1. The third-order valence-electron chi connectivity index (χ3n) is 19.8. The van der Waals surface area contributed by atoms with Crippen LogP contribution >= 0.6 is 25.3 Å². The van der Waals surface area contributed by atoms with Gasteiger partial charge in [0.15, 0.2) is 11.9 Å². The van der Waals surface area contributed by atoms with E-state index in [1.807, 2.05) is 5.32 Å². The van der Waals surface area contributed by atoms with Crippen LogP contribution in [0.2, 0.25) is 0 Å². The number of hydrogen-bond donors (Lipinski definition) is 35. The maximum absolute atomic E-state index is 15.2. The first-order valence-electron chi connectivity index (χ1n) is 42.1. The lowest BCUT2D eigenvalue weighted by atomic mass is 10.0. The predicted octanol–water partition coefficient (Wildman–Crippen LogP) is -12.7. The van der Waals surface area contributed by atoms with E-state index in [-0.39, 0.29) is 90.4 Å². The van der Waals surface area contributed by atoms with Crippen molar-refractivity contribution in [3.05, 3.63) is 36.0 Å². The largest absolute Gasteiger partial charge is 0.481 e. The van der Waals surface area contributed by atoms with Crippen LogP contribution in [0.25, 0.3) is 10.9 Å². The fourth-order valence-electron chi connectivity index (χ4n) is 12.7. The molecular weight excluding hydrogens is 1800 g/mol. The van der Waals surface area contributed by atoms with Gasteiger partial charge in [0.25, 0.3) is 0 Å². The van der Waals surface area contributed by atoms with E-state index < -0.39 is 321 Å². The van der Waals surface area contributed by atoms with Gasteiger partial charge in [-0.1, -0.05) is 18.2 Å². The lowest BCUT2D eigenvalue weighted by Gasteiger charge is -2.29. The van der Waals surface area contributed by atoms with Gasteiger partial charge in [-0.3, -0.25) is 107 Å². The molecule has 0 saturated heterocycles. The summed E-state index contributed by atoms with van der Waals surface area (Å²) in [6.45, 7) is 1.90. The maximum Gasteiger partial charge on any atom is 0.326 e. The number of nitrogens with one attached hydrogen (secondary N) is 19. The number of aliphatic hydroxyl groups is 2. The number of thiol groups is 2. The molecule has 56 heteroatoms. The molecule has 1 aromatic carbocycles. The maximum atomic E-state index is 15.2. The predicted molar refractivity (Wildman–Crippen MR) is 478 cm³/mol. The Morgan fingerprint density at radius 3 is 0.977 bits per heavy atom. The average Bonchev–Trinajstić information content (AvgIpc) is 1.68. The molecule has 42 N–H and O–H groups in total. The lowest BCUT2D eigenvalue weighted by molar-refractivity contribution is -0.143. The van der Waals surface area contributed by atoms with Crippen LogP contribution in [-0.4, -0.2) is 307 Å². The molecular formula is C77H126N28O26S2. The normalized spacial score (nSPS) is 14.9. The van der Waals surface area contributed by atoms with Crippen LogP contribution in [0.1, 0.15) is 148 Å². The van der Waals surface area contributed by atoms with E-state index in [1.165, 1.54) is 6.20 Å². The third-order valence-corrected chi connectivity index (χ3v) is 20.6. The zero-order valence-electron chi connectivity index (χ0n) is 73.2. The number of aliphatic carboxylic acids is 3. The molecule has 0 saturated carbocycles. The van der Waals surface area contributed by atoms with E-state index >= 15 is 9.59 Å². The quantitative estimate of drug-likeness (QED) is 0.0127. The van der Waals surface area contributed by atoms with Crippen molar-refractivity contribution in [1.82, 2.24) is 90.1 Å². The van der Waals surface area contributed by atoms with Crippen molar-refractivity contribution >= 4 is 172 Å². The second-order valence-electron chi connectivity index (χ2n) is 30.8. The molecule has 0 unspecified atom stereocenters. The summed E-state index contributed by atoms with van der Waals surface area (Å²) in [4.78, 5) is 287. The van der Waals surface area contributed by atoms with Crippen molar-refractivity contribution in [3.63, 3.8) is 0 Å². The topological polar surface area (TPSA) is 950 Å². The first-order valence-corrected chi connectivity index (χ1v) is 43.3. The minimum Gasteiger partial charge on any atom is -0.481 e. The fraction of sp³-hybridized carbons (Fsp3) is 0.597. The molecule has 0 aliphatic carbocycles. The number of benzene rings is 1. The Morgan fingerprint density at radius 2 is 0.654 bits per heavy atom. The Labute approximate surface area is 772 Å². The zero-order valence-corrected chi connectivity index (χ0v) is 75.0. The molecule has 1 heterocycles. The number of rotatable bonds is 67. The Bertz CT molecular complexity index is 4380. The molecule has 0 fully saturated rings. The molecule has 133 heavy (non-hydrogen) atoms. The molecule has 0 spiro atoms. The van der Waals surface area contributed by atoms with Crippen LogP contribution in [0, 0.1) is 10.8 Å². The van der Waals surface area contributed by atoms with Crippen LogP contribution in [0.15, 0.2) is 30.5 Å². The summed E-state index contributed by atoms with van der Waals surface area (Å²) >= 11 is 8.16. The molecule has 0 bridgehead atoms. The molecule has 1 aromatic heterocycles. The summed E-state index contributed by atoms with van der Waals surface area (Å²) in [5.41, 5.74) is 50.4. The second-order valence-corrected chi connectivity index (χ2v) is 31.5. The monoisotopic (exact) mass is 1920 g/mol. The summed E-state index contributed by atoms with van der Waals surface area (Å²) in [5, 5.41) is 104. The summed E-state index contributed by atoms with van der Waals surface area (Å²) in [6, 6.07) is -20.5. The van der Waals surface area contributed by atoms with Gasteiger partial charge < -0.3 is 167 Å². The Balaban J connectivity index is 2.75. The van der Waals surface area contributed by atoms with Gasteiger partial charge in [-0.15, -0.1) is 0 Å². The number of fused-ring (bicyclic) bond motifs is 1. The molecule has 54 nitrogen and oxygen atoms in total. The van der Waals surface area contributed by atoms with Crippen LogP contribution in [0.3, 0.4) is 0 Å². The van der Waals surface area contributed by atoms with E-state index in [0.717, 1.165) is 13.8 Å². The molecule has 2 rings (SSSR count). The first-order chi connectivity index (χ1) is 62.6. The van der Waals surface area contributed by atoms with Crippen molar-refractivity contribution in [2.24, 2.45) is 51.6 Å². The van der Waals surface area contributed by atoms with Gasteiger partial charge in [0.1, 0.15) is 84.6 Å². The van der Waals surface area contributed by atoms with Gasteiger partial charge in [-0.25, -0.2) is 4.79 Å². The minimum absolute atomic E-state index is 0.00654. The number of nitrogens with two attached hydrogens (primary N) is 9. The number of aliphatic hydroxyl groups excluding tert-OH is 2. The van der Waals surface area contributed by atoms with Crippen LogP contribution in [-0.2, 0) is 107 Å². The highest BCUT2D eigenvalue weighted by atomic mass is 32.1. The van der Waals surface area contributed by atoms with E-state index in [9.17, 15) is 117 Å². The Kier molecular flexibility index (Phi) is 52.7. The number of aromatic nitrogens is 1. The Morgan fingerprint density at radius 1 is 0.361 bits per heavy atom. The molecule has 2 aromatic rings. The Hall–Kier alpha value is -13.3. The van der Waals surface area contributed by atoms with Crippen molar-refractivity contribution in [2.45, 2.75) is 252 Å². The number of primary amides is 4. The summed E-state index contributed by atoms with van der Waals surface area (Å²) in [5.74, 6) is -27.7. The summed E-state index contributed by atoms with van der Waals surface area (Å²) < 4.78 is 0. The minimum atomic E-state index is -2.07. The second kappa shape index (κ2) is 60.6. The van der Waals surface area contributed by atoms with Crippen molar-refractivity contribution in [1.29, 1.82) is 10.8 Å². The van der Waals surface area contributed by atoms with Crippen LogP contribution < -0.4 is 137 Å². The van der Waals surface area contributed by atoms with E-state index in [4.69, 9.17) is 62.4 Å². The number of amides is 18. The summed E-state index contributed by atoms with van der Waals surface area (Å²) in [6.07, 6.45) is -11.1. The van der Waals surface area contributed by atoms with Crippen molar-refractivity contribution in [2.75, 3.05) is 37.7 Å². The standard InChI is InChI=1S/C77H126N28O26S2/c1-35(106)59(73(128)98-43(15-9-27-89-76(85)86)64(119)103-52(34-133)72(127)101-50(75(130)131)31-56(84)111)105-69(124)48(20-24-58(114)115)96-63(118)42(14-6-8-26-79)92-65(120)45(17-21-53(81)108)97-70(125)49(29-37-32-91-40-12-4-3-11-38(37)40)100-67(122)46(18-22-54(82)109)95-62(117)41(13-5-7-25-78)93-66(121)47(19-23-57(112)113)99-74(129)60(36(2)107)104-68(123)44(16-10-28-90-77(87)88)94-71(126)51(33-132)102-61(116)39(80)30-55(83)110/h3-4,11-12,32,35-36,39,41-52,59-60,91,106-107,132-133H,5-10,13-31,33-34,78-80H2,1-2H3,(H2,81,108)(H2,82,109)(H2,83,110)(H2,84,111)(H,92,120)(H,93,121)(H,94,126)(H,95,117)(H,96,118)(H,97,125)(H,98,128)(H,99,129)(H,100,122)(H,101,127)(H,102,116)(H,103,119)(H,104,123)(H,105,124)(H,112,113)(H,114,115)(H,130,131)(H4,85,86,89)(H4,87,88,90)/t35-,36-,39+,41+,42+,43+,44+,45+,46+,47+,48+,49+,50+,51+,52+,59+,60+/m1/s1. The molecule has 0 aliphatic heterocycles. The highest BCUT2D eigenvalue weighted by molar-refractivity contribution is 7.80. The third kappa shape index (κ3) is 44.4. The van der Waals surface area contributed by atoms with Gasteiger partial charge >= 0.3 is 17.9 Å². The van der Waals surface area contributed by atoms with Crippen LogP contribution in [0.5, 0.6) is 0 Å². The highest BCUT2D eigenvalue weighted by Gasteiger charge is 2.41. The van der Waals surface area contributed by atoms with E-state index in [1.54, 1.807) is 24.3 Å². The smallest absolute Gasteiger partial charge is 0.326 e. The van der Waals surface area contributed by atoms with Gasteiger partial charge in [0, 0.05) is 73.8 Å². The molecule has 17 atom stereocenters. The number of H-pyrrole nitrogens is 1. The van der Waals surface area contributed by atoms with E-state index in [2.05, 4.69) is 110 Å². The van der Waals surface area contributed by atoms with Gasteiger partial charge in [-0.05, 0) is 128 Å². The number of carbonyl (C=O) groups is 21. The number of aromatic amines is 1. The number of carbonyl (C=O) groups excluding carboxylic acids is 18. The average molecular weight is 1920 g/mol. The molecule has 18 amide bonds. The lowest BCUT2D eigenvalue weighted by Crippen LogP contribution is -2.62. The molecule has 0 radical (unpaired) electrons. The fourth-order valence-corrected chi connectivity index (χ4v) is 13.2. The molecule has 0 aliphatic rings. The SMILES string of the molecule is C[C@@H](O)[C@H](NC(=O)[C@H](CCC(=O)O)NC(=O)[C@H](CCCCN)NC(=O)[C@H](CCC(N)=O)NC(=O)[C@H](Cc1c[nH]c2ccccc12)NC(=O)[C@H](CCC(N)=O)NC(=O)[C@H](CCCCN)NC(=O)[C@H](CCC(=O)O)NC(=O)[C@@H](NC(=O)[C@H](CCCNC(=N)N)NC(=O)[C@H](CS)NC(=O)[C@@H](N)CC(N)=O)[C@@H](C)O)C(=O)N[C@@H](CCCNC(=N)N)C(=O)N[C@@H](CS)C(=O)N[C@@H](CC(N)=O)C(=O)O.